The van der Waals surface area contributed by atoms with Crippen LogP contribution in [0.1, 0.15) is 17.3 Å². The molecule has 5 heteroatoms. The first-order chi connectivity index (χ1) is 9.54. The van der Waals surface area contributed by atoms with Crippen LogP contribution in [0.25, 0.3) is 10.8 Å². The van der Waals surface area contributed by atoms with Crippen LogP contribution in [0.4, 0.5) is 0 Å². The van der Waals surface area contributed by atoms with Gasteiger partial charge in [0.1, 0.15) is 11.3 Å². The van der Waals surface area contributed by atoms with Gasteiger partial charge in [-0.25, -0.2) is 9.59 Å². The minimum atomic E-state index is -1.10. The Morgan fingerprint density at radius 2 is 1.85 bits per heavy atom. The van der Waals surface area contributed by atoms with Gasteiger partial charge in [-0.05, 0) is 23.8 Å². The Morgan fingerprint density at radius 3 is 2.50 bits per heavy atom. The van der Waals surface area contributed by atoms with Crippen LogP contribution in [0, 0.1) is 0 Å². The van der Waals surface area contributed by atoms with Gasteiger partial charge in [-0.2, -0.15) is 0 Å². The van der Waals surface area contributed by atoms with Crippen LogP contribution in [-0.4, -0.2) is 30.3 Å². The van der Waals surface area contributed by atoms with Crippen LogP contribution in [0.2, 0.25) is 0 Å². The largest absolute Gasteiger partial charge is 0.478 e. The molecule has 5 nitrogen and oxygen atoms in total. The highest BCUT2D eigenvalue weighted by atomic mass is 16.6. The first kappa shape index (κ1) is 13.9. The zero-order valence-corrected chi connectivity index (χ0v) is 11.1. The van der Waals surface area contributed by atoms with Gasteiger partial charge in [0.25, 0.3) is 0 Å². The molecule has 1 atom stereocenters. The molecule has 0 bridgehead atoms. The van der Waals surface area contributed by atoms with Crippen LogP contribution in [0.15, 0.2) is 36.4 Å². The maximum absolute atomic E-state index is 11.5. The third-order valence-electron chi connectivity index (χ3n) is 2.94. The Balaban J connectivity index is 2.50. The Morgan fingerprint density at radius 1 is 1.15 bits per heavy atom. The molecule has 0 saturated carbocycles. The molecule has 1 unspecified atom stereocenters. The van der Waals surface area contributed by atoms with Crippen LogP contribution >= 0.6 is 0 Å². The van der Waals surface area contributed by atoms with E-state index in [1.165, 1.54) is 14.0 Å². The third-order valence-corrected chi connectivity index (χ3v) is 2.94. The Kier molecular flexibility index (Phi) is 3.89. The van der Waals surface area contributed by atoms with Gasteiger partial charge in [0.05, 0.1) is 7.11 Å². The molecule has 0 aromatic heterocycles. The van der Waals surface area contributed by atoms with Crippen molar-refractivity contribution < 1.29 is 24.2 Å². The molecule has 2 aromatic carbocycles. The number of benzene rings is 2. The van der Waals surface area contributed by atoms with Gasteiger partial charge in [-0.1, -0.05) is 30.3 Å². The zero-order valence-electron chi connectivity index (χ0n) is 11.1. The number of methoxy groups -OCH3 is 1. The smallest absolute Gasteiger partial charge is 0.346 e. The molecule has 0 saturated heterocycles. The molecule has 0 aliphatic heterocycles. The summed E-state index contributed by atoms with van der Waals surface area (Å²) in [4.78, 5) is 22.8. The number of carboxylic acid groups (broad SMARTS) is 1. The number of rotatable bonds is 4. The number of fused-ring (bicyclic) bond motifs is 1. The fraction of sp³-hybridized carbons (Fsp3) is 0.200. The number of aromatic carboxylic acids is 1. The first-order valence-corrected chi connectivity index (χ1v) is 6.04. The number of carbonyl (C=O) groups is 2. The second kappa shape index (κ2) is 5.61. The number of ether oxygens (including phenoxy) is 2. The summed E-state index contributed by atoms with van der Waals surface area (Å²) in [5.41, 5.74) is 0.0406. The average Bonchev–Trinajstić information content (AvgIpc) is 2.45. The van der Waals surface area contributed by atoms with Crippen LogP contribution < -0.4 is 4.74 Å². The third kappa shape index (κ3) is 2.56. The van der Waals surface area contributed by atoms with Gasteiger partial charge in [-0.3, -0.25) is 0 Å². The lowest BCUT2D eigenvalue weighted by Crippen LogP contribution is -2.25. The second-order valence-electron chi connectivity index (χ2n) is 4.25. The van der Waals surface area contributed by atoms with Crippen molar-refractivity contribution in [2.24, 2.45) is 0 Å². The van der Waals surface area contributed by atoms with Gasteiger partial charge in [-0.15, -0.1) is 0 Å². The van der Waals surface area contributed by atoms with Crippen LogP contribution in [0.3, 0.4) is 0 Å². The van der Waals surface area contributed by atoms with Crippen molar-refractivity contribution in [1.82, 2.24) is 0 Å². The molecule has 0 aliphatic carbocycles. The molecule has 0 radical (unpaired) electrons. The molecule has 2 aromatic rings. The first-order valence-electron chi connectivity index (χ1n) is 6.04. The summed E-state index contributed by atoms with van der Waals surface area (Å²) in [6.45, 7) is 1.51. The van der Waals surface area contributed by atoms with E-state index in [1.54, 1.807) is 24.3 Å². The maximum Gasteiger partial charge on any atom is 0.346 e. The van der Waals surface area contributed by atoms with Crippen molar-refractivity contribution in [3.05, 3.63) is 42.0 Å². The molecule has 0 heterocycles. The molecule has 0 aliphatic rings. The van der Waals surface area contributed by atoms with E-state index < -0.39 is 18.0 Å². The number of carboxylic acids is 1. The summed E-state index contributed by atoms with van der Waals surface area (Å²) in [5, 5.41) is 10.7. The second-order valence-corrected chi connectivity index (χ2v) is 4.25. The van der Waals surface area contributed by atoms with Crippen molar-refractivity contribution >= 4 is 22.7 Å². The lowest BCUT2D eigenvalue weighted by Gasteiger charge is -2.15. The predicted octanol–water partition coefficient (Wildman–Crippen LogP) is 2.48. The van der Waals surface area contributed by atoms with E-state index in [1.807, 2.05) is 12.1 Å². The van der Waals surface area contributed by atoms with Crippen molar-refractivity contribution in [3.63, 3.8) is 0 Å². The molecule has 0 spiro atoms. The van der Waals surface area contributed by atoms with Gasteiger partial charge in [0.15, 0.2) is 6.10 Å². The molecule has 0 amide bonds. The molecular weight excluding hydrogens is 260 g/mol. The van der Waals surface area contributed by atoms with Crippen molar-refractivity contribution in [3.8, 4) is 5.75 Å². The summed E-state index contributed by atoms with van der Waals surface area (Å²) in [6, 6.07) is 10.4. The molecular formula is C15H14O5. The van der Waals surface area contributed by atoms with E-state index in [-0.39, 0.29) is 11.3 Å². The van der Waals surface area contributed by atoms with Crippen LogP contribution in [0.5, 0.6) is 5.75 Å². The van der Waals surface area contributed by atoms with Crippen LogP contribution in [-0.2, 0) is 9.53 Å². The number of hydrogen-bond donors (Lipinski definition) is 1. The van der Waals surface area contributed by atoms with Crippen molar-refractivity contribution in [1.29, 1.82) is 0 Å². The maximum atomic E-state index is 11.5. The lowest BCUT2D eigenvalue weighted by atomic mass is 10.0. The quantitative estimate of drug-likeness (QED) is 0.867. The van der Waals surface area contributed by atoms with E-state index in [0.29, 0.717) is 5.39 Å². The fourth-order valence-corrected chi connectivity index (χ4v) is 1.97. The predicted molar refractivity (Wildman–Crippen MR) is 73.0 cm³/mol. The highest BCUT2D eigenvalue weighted by molar-refractivity contribution is 6.06. The number of esters is 1. The van der Waals surface area contributed by atoms with E-state index in [9.17, 15) is 14.7 Å². The van der Waals surface area contributed by atoms with Gasteiger partial charge < -0.3 is 14.6 Å². The summed E-state index contributed by atoms with van der Waals surface area (Å²) in [6.07, 6.45) is -0.876. The highest BCUT2D eigenvalue weighted by Crippen LogP contribution is 2.28. The van der Waals surface area contributed by atoms with Gasteiger partial charge in [0, 0.05) is 0 Å². The minimum absolute atomic E-state index is 0.0406. The molecule has 104 valence electrons. The Hall–Kier alpha value is -2.56. The summed E-state index contributed by atoms with van der Waals surface area (Å²) in [7, 11) is 1.25. The number of carbonyl (C=O) groups excluding carboxylic acids is 1. The lowest BCUT2D eigenvalue weighted by molar-refractivity contribution is -0.147. The summed E-state index contributed by atoms with van der Waals surface area (Å²) in [5.74, 6) is -1.52. The molecule has 1 N–H and O–H groups in total. The van der Waals surface area contributed by atoms with E-state index >= 15 is 0 Å². The average molecular weight is 274 g/mol. The number of hydrogen-bond acceptors (Lipinski definition) is 4. The normalized spacial score (nSPS) is 11.9. The van der Waals surface area contributed by atoms with Crippen molar-refractivity contribution in [2.45, 2.75) is 13.0 Å². The molecule has 0 fully saturated rings. The minimum Gasteiger partial charge on any atom is -0.478 e. The Labute approximate surface area is 115 Å². The van der Waals surface area contributed by atoms with E-state index in [2.05, 4.69) is 4.74 Å². The SMILES string of the molecule is COC(=O)C(C)Oc1ccc2ccccc2c1C(=O)O. The molecule has 20 heavy (non-hydrogen) atoms. The topological polar surface area (TPSA) is 72.8 Å². The van der Waals surface area contributed by atoms with Gasteiger partial charge in [0.2, 0.25) is 0 Å². The highest BCUT2D eigenvalue weighted by Gasteiger charge is 2.21. The monoisotopic (exact) mass is 274 g/mol. The van der Waals surface area contributed by atoms with E-state index in [0.717, 1.165) is 5.39 Å². The van der Waals surface area contributed by atoms with Crippen molar-refractivity contribution in [2.75, 3.05) is 7.11 Å². The fourth-order valence-electron chi connectivity index (χ4n) is 1.97. The zero-order chi connectivity index (χ0) is 14.7. The summed E-state index contributed by atoms with van der Waals surface area (Å²) < 4.78 is 9.97. The molecule has 2 rings (SSSR count). The summed E-state index contributed by atoms with van der Waals surface area (Å²) >= 11 is 0. The van der Waals surface area contributed by atoms with E-state index in [4.69, 9.17) is 4.74 Å². The Bertz CT molecular complexity index is 662. The van der Waals surface area contributed by atoms with Gasteiger partial charge >= 0.3 is 11.9 Å². The standard InChI is InChI=1S/C15H14O5/c1-9(15(18)19-2)20-12-8-7-10-5-3-4-6-11(10)13(12)14(16)17/h3-9H,1-2H3,(H,16,17).